The molecule has 2 heterocycles. The maximum absolute atomic E-state index is 12.6. The van der Waals surface area contributed by atoms with Gasteiger partial charge >= 0.3 is 0 Å². The van der Waals surface area contributed by atoms with E-state index in [1.165, 1.54) is 0 Å². The Kier molecular flexibility index (Phi) is 6.06. The smallest absolute Gasteiger partial charge is 0.268 e. The van der Waals surface area contributed by atoms with Crippen LogP contribution in [0.4, 0.5) is 5.95 Å². The fourth-order valence-electron chi connectivity index (χ4n) is 2.88. The Morgan fingerprint density at radius 1 is 1.25 bits per heavy atom. The number of H-pyrrole nitrogens is 1. The van der Waals surface area contributed by atoms with Gasteiger partial charge in [0.2, 0.25) is 5.95 Å². The molecule has 1 amide bonds. The molecule has 3 aromatic rings. The van der Waals surface area contributed by atoms with Crippen molar-refractivity contribution in [2.24, 2.45) is 0 Å². The molecule has 7 heteroatoms. The maximum Gasteiger partial charge on any atom is 0.268 e. The van der Waals surface area contributed by atoms with Crippen molar-refractivity contribution in [3.8, 4) is 11.3 Å². The number of amides is 1. The monoisotopic (exact) mass is 379 g/mol. The van der Waals surface area contributed by atoms with Crippen LogP contribution in [-0.2, 0) is 0 Å². The second-order valence-electron chi connectivity index (χ2n) is 6.95. The van der Waals surface area contributed by atoms with Crippen LogP contribution in [0.25, 0.3) is 11.3 Å². The van der Waals surface area contributed by atoms with Crippen molar-refractivity contribution in [3.05, 3.63) is 65.6 Å². The molecule has 1 aromatic carbocycles. The van der Waals surface area contributed by atoms with Crippen LogP contribution >= 0.6 is 0 Å². The fraction of sp³-hybridized carbons (Fsp3) is 0.286. The molecule has 0 aliphatic rings. The lowest BCUT2D eigenvalue weighted by atomic mass is 10.1. The predicted octanol–water partition coefficient (Wildman–Crippen LogP) is 3.06. The Labute approximate surface area is 164 Å². The lowest BCUT2D eigenvalue weighted by Gasteiger charge is -2.16. The Hall–Kier alpha value is -3.19. The van der Waals surface area contributed by atoms with Crippen LogP contribution in [0.1, 0.15) is 41.5 Å². The first kappa shape index (κ1) is 19.6. The van der Waals surface area contributed by atoms with Crippen molar-refractivity contribution in [1.29, 1.82) is 0 Å². The number of hydrogen-bond donors (Lipinski definition) is 4. The van der Waals surface area contributed by atoms with Crippen LogP contribution in [0, 0.1) is 6.92 Å². The number of aliphatic hydroxyl groups is 1. The molecule has 0 aliphatic carbocycles. The lowest BCUT2D eigenvalue weighted by Crippen LogP contribution is -2.30. The number of carbonyl (C=O) groups is 1. The zero-order chi connectivity index (χ0) is 20.1. The van der Waals surface area contributed by atoms with E-state index in [9.17, 15) is 9.90 Å². The Bertz CT molecular complexity index is 937. The first-order chi connectivity index (χ1) is 13.5. The van der Waals surface area contributed by atoms with Gasteiger partial charge in [0.05, 0.1) is 18.3 Å². The van der Waals surface area contributed by atoms with Gasteiger partial charge in [0.15, 0.2) is 0 Å². The van der Waals surface area contributed by atoms with E-state index in [0.29, 0.717) is 11.6 Å². The Morgan fingerprint density at radius 2 is 2.00 bits per heavy atom. The molecule has 1 atom stereocenters. The van der Waals surface area contributed by atoms with Gasteiger partial charge in [-0.05, 0) is 38.0 Å². The summed E-state index contributed by atoms with van der Waals surface area (Å²) >= 11 is 0. The largest absolute Gasteiger partial charge is 0.394 e. The van der Waals surface area contributed by atoms with Gasteiger partial charge < -0.3 is 20.7 Å². The van der Waals surface area contributed by atoms with E-state index < -0.39 is 6.04 Å². The molecule has 2 aromatic heterocycles. The van der Waals surface area contributed by atoms with Gasteiger partial charge in [-0.25, -0.2) is 9.97 Å². The first-order valence-electron chi connectivity index (χ1n) is 9.23. The third-order valence-corrected chi connectivity index (χ3v) is 4.28. The van der Waals surface area contributed by atoms with Gasteiger partial charge in [0.1, 0.15) is 5.69 Å². The van der Waals surface area contributed by atoms with Crippen LogP contribution in [0.2, 0.25) is 0 Å². The summed E-state index contributed by atoms with van der Waals surface area (Å²) in [6, 6.07) is 10.9. The number of nitrogens with one attached hydrogen (secondary N) is 3. The highest BCUT2D eigenvalue weighted by molar-refractivity contribution is 5.94. The lowest BCUT2D eigenvalue weighted by molar-refractivity contribution is 0.0912. The molecular formula is C21H25N5O2. The van der Waals surface area contributed by atoms with Crippen LogP contribution in [0.15, 0.2) is 48.8 Å². The van der Waals surface area contributed by atoms with E-state index >= 15 is 0 Å². The number of nitrogens with zero attached hydrogens (tertiary/aromatic N) is 2. The highest BCUT2D eigenvalue weighted by Crippen LogP contribution is 2.23. The summed E-state index contributed by atoms with van der Waals surface area (Å²) in [6.07, 6.45) is 3.51. The van der Waals surface area contributed by atoms with Crippen molar-refractivity contribution in [2.75, 3.05) is 11.9 Å². The van der Waals surface area contributed by atoms with Crippen molar-refractivity contribution in [3.63, 3.8) is 0 Å². The minimum Gasteiger partial charge on any atom is -0.394 e. The van der Waals surface area contributed by atoms with Crippen LogP contribution in [0.5, 0.6) is 0 Å². The van der Waals surface area contributed by atoms with Crippen LogP contribution in [0.3, 0.4) is 0 Å². The molecule has 0 radical (unpaired) electrons. The molecule has 0 saturated carbocycles. The van der Waals surface area contributed by atoms with E-state index in [4.69, 9.17) is 0 Å². The number of aliphatic hydroxyl groups excluding tert-OH is 1. The van der Waals surface area contributed by atoms with E-state index in [2.05, 4.69) is 25.6 Å². The molecule has 0 aliphatic heterocycles. The van der Waals surface area contributed by atoms with Crippen molar-refractivity contribution in [1.82, 2.24) is 20.3 Å². The highest BCUT2D eigenvalue weighted by Gasteiger charge is 2.17. The summed E-state index contributed by atoms with van der Waals surface area (Å²) in [4.78, 5) is 24.5. The first-order valence-corrected chi connectivity index (χ1v) is 9.23. The molecule has 28 heavy (non-hydrogen) atoms. The summed E-state index contributed by atoms with van der Waals surface area (Å²) in [5.74, 6) is 0.258. The molecular weight excluding hydrogens is 354 g/mol. The van der Waals surface area contributed by atoms with Gasteiger partial charge in [-0.2, -0.15) is 0 Å². The SMILES string of the molecule is Cc1cnc(NC(C)C)nc1-c1c[nH]c(C(=O)NC(CO)c2ccccc2)c1. The number of aromatic nitrogens is 3. The Morgan fingerprint density at radius 3 is 2.68 bits per heavy atom. The van der Waals surface area contributed by atoms with Gasteiger partial charge in [0.25, 0.3) is 5.91 Å². The van der Waals surface area contributed by atoms with Crippen LogP contribution in [-0.4, -0.2) is 38.6 Å². The summed E-state index contributed by atoms with van der Waals surface area (Å²) in [5.41, 5.74) is 3.73. The predicted molar refractivity (Wildman–Crippen MR) is 109 cm³/mol. The molecule has 3 rings (SSSR count). The van der Waals surface area contributed by atoms with Crippen molar-refractivity contribution >= 4 is 11.9 Å². The normalized spacial score (nSPS) is 12.0. The van der Waals surface area contributed by atoms with Gasteiger partial charge in [-0.3, -0.25) is 4.79 Å². The zero-order valence-corrected chi connectivity index (χ0v) is 16.2. The summed E-state index contributed by atoms with van der Waals surface area (Å²) in [6.45, 7) is 5.79. The topological polar surface area (TPSA) is 103 Å². The fourth-order valence-corrected chi connectivity index (χ4v) is 2.88. The second-order valence-corrected chi connectivity index (χ2v) is 6.95. The Balaban J connectivity index is 1.79. The van der Waals surface area contributed by atoms with Crippen molar-refractivity contribution in [2.45, 2.75) is 32.9 Å². The quantitative estimate of drug-likeness (QED) is 0.505. The maximum atomic E-state index is 12.6. The molecule has 0 saturated heterocycles. The number of aryl methyl sites for hydroxylation is 1. The second kappa shape index (κ2) is 8.67. The zero-order valence-electron chi connectivity index (χ0n) is 16.2. The summed E-state index contributed by atoms with van der Waals surface area (Å²) in [5, 5.41) is 15.7. The molecule has 0 bridgehead atoms. The summed E-state index contributed by atoms with van der Waals surface area (Å²) in [7, 11) is 0. The summed E-state index contributed by atoms with van der Waals surface area (Å²) < 4.78 is 0. The number of rotatable bonds is 7. The third kappa shape index (κ3) is 4.55. The average molecular weight is 379 g/mol. The van der Waals surface area contributed by atoms with E-state index in [0.717, 1.165) is 22.4 Å². The number of carbonyl (C=O) groups excluding carboxylic acids is 1. The standard InChI is InChI=1S/C21H25N5O2/c1-13(2)24-21-23-10-14(3)19(26-21)16-9-17(22-11-16)20(28)25-18(12-27)15-7-5-4-6-8-15/h4-11,13,18,22,27H,12H2,1-3H3,(H,25,28)(H,23,24,26). The van der Waals surface area contributed by atoms with Gasteiger partial charge in [0, 0.05) is 24.0 Å². The van der Waals surface area contributed by atoms with Gasteiger partial charge in [-0.1, -0.05) is 30.3 Å². The van der Waals surface area contributed by atoms with E-state index in [-0.39, 0.29) is 18.6 Å². The van der Waals surface area contributed by atoms with E-state index in [1.54, 1.807) is 18.5 Å². The minimum atomic E-state index is -0.469. The molecule has 4 N–H and O–H groups in total. The third-order valence-electron chi connectivity index (χ3n) is 4.28. The minimum absolute atomic E-state index is 0.182. The van der Waals surface area contributed by atoms with Gasteiger partial charge in [-0.15, -0.1) is 0 Å². The molecule has 0 fully saturated rings. The highest BCUT2D eigenvalue weighted by atomic mass is 16.3. The number of aromatic amines is 1. The number of hydrogen-bond acceptors (Lipinski definition) is 5. The number of benzene rings is 1. The van der Waals surface area contributed by atoms with Crippen molar-refractivity contribution < 1.29 is 9.90 Å². The molecule has 146 valence electrons. The number of anilines is 1. The molecule has 1 unspecified atom stereocenters. The molecule has 0 spiro atoms. The molecule has 7 nitrogen and oxygen atoms in total. The van der Waals surface area contributed by atoms with Crippen LogP contribution < -0.4 is 10.6 Å². The van der Waals surface area contributed by atoms with E-state index in [1.807, 2.05) is 51.1 Å². The average Bonchev–Trinajstić information content (AvgIpc) is 3.18.